The van der Waals surface area contributed by atoms with Gasteiger partial charge in [0.2, 0.25) is 0 Å². The lowest BCUT2D eigenvalue weighted by Gasteiger charge is -2.14. The van der Waals surface area contributed by atoms with Crippen molar-refractivity contribution < 1.29 is 27.3 Å². The molecular weight excluding hydrogens is 281 g/mol. The molecule has 1 aromatic rings. The lowest BCUT2D eigenvalue weighted by molar-refractivity contribution is -0.138. The van der Waals surface area contributed by atoms with Gasteiger partial charge in [-0.05, 0) is 18.1 Å². The summed E-state index contributed by atoms with van der Waals surface area (Å²) in [5.41, 5.74) is -1.02. The zero-order chi connectivity index (χ0) is 14.6. The van der Waals surface area contributed by atoms with Crippen molar-refractivity contribution in [2.45, 2.75) is 30.5 Å². The highest BCUT2D eigenvalue weighted by Gasteiger charge is 2.34. The third-order valence-corrected chi connectivity index (χ3v) is 4.35. The summed E-state index contributed by atoms with van der Waals surface area (Å²) in [6, 6.07) is 4.76. The van der Waals surface area contributed by atoms with Crippen molar-refractivity contribution in [2.75, 3.05) is 0 Å². The minimum Gasteiger partial charge on any atom is -0.480 e. The van der Waals surface area contributed by atoms with E-state index in [1.807, 2.05) is 0 Å². The zero-order valence-corrected chi connectivity index (χ0v) is 10.9. The van der Waals surface area contributed by atoms with Crippen molar-refractivity contribution in [3.8, 4) is 0 Å². The van der Waals surface area contributed by atoms with Gasteiger partial charge in [-0.25, -0.2) is 0 Å². The first-order valence-electron chi connectivity index (χ1n) is 5.52. The first-order chi connectivity index (χ1) is 8.77. The van der Waals surface area contributed by atoms with Crippen molar-refractivity contribution >= 4 is 16.8 Å². The van der Waals surface area contributed by atoms with Crippen LogP contribution < -0.4 is 0 Å². The van der Waals surface area contributed by atoms with Crippen LogP contribution in [-0.2, 0) is 27.5 Å². The van der Waals surface area contributed by atoms with Crippen LogP contribution in [0.15, 0.2) is 24.3 Å². The standard InChI is InChI=1S/C12H13F3O3S/c1-2-10(11(16)17)19(18)7-8-5-3-4-6-9(8)12(13,14)15/h3-6,10H,2,7H2,1H3,(H,16,17). The molecule has 0 aliphatic rings. The Balaban J connectivity index is 3.00. The van der Waals surface area contributed by atoms with Gasteiger partial charge in [-0.15, -0.1) is 0 Å². The molecule has 2 unspecified atom stereocenters. The summed E-state index contributed by atoms with van der Waals surface area (Å²) in [7, 11) is -1.88. The van der Waals surface area contributed by atoms with Gasteiger partial charge in [-0.2, -0.15) is 13.2 Å². The van der Waals surface area contributed by atoms with E-state index in [1.54, 1.807) is 0 Å². The smallest absolute Gasteiger partial charge is 0.416 e. The molecule has 1 N–H and O–H groups in total. The number of benzene rings is 1. The monoisotopic (exact) mass is 294 g/mol. The van der Waals surface area contributed by atoms with Gasteiger partial charge >= 0.3 is 12.1 Å². The molecule has 1 aromatic carbocycles. The van der Waals surface area contributed by atoms with Gasteiger partial charge in [0.25, 0.3) is 0 Å². The maximum Gasteiger partial charge on any atom is 0.416 e. The Bertz CT molecular complexity index is 485. The van der Waals surface area contributed by atoms with Crippen LogP contribution in [0, 0.1) is 0 Å². The average molecular weight is 294 g/mol. The summed E-state index contributed by atoms with van der Waals surface area (Å²) in [5.74, 6) is -1.68. The Morgan fingerprint density at radius 2 is 1.95 bits per heavy atom. The Kier molecular flexibility index (Phi) is 5.11. The summed E-state index contributed by atoms with van der Waals surface area (Å²) in [4.78, 5) is 10.8. The topological polar surface area (TPSA) is 54.4 Å². The molecule has 0 amide bonds. The lowest BCUT2D eigenvalue weighted by atomic mass is 10.1. The van der Waals surface area contributed by atoms with E-state index < -0.39 is 39.5 Å². The summed E-state index contributed by atoms with van der Waals surface area (Å²) < 4.78 is 50.0. The number of hydrogen-bond donors (Lipinski definition) is 1. The molecule has 3 nitrogen and oxygen atoms in total. The molecule has 0 aliphatic carbocycles. The average Bonchev–Trinajstić information content (AvgIpc) is 2.28. The van der Waals surface area contributed by atoms with E-state index in [4.69, 9.17) is 5.11 Å². The highest BCUT2D eigenvalue weighted by Crippen LogP contribution is 2.32. The second kappa shape index (κ2) is 6.18. The normalized spacial score (nSPS) is 14.9. The maximum absolute atomic E-state index is 12.7. The molecule has 0 saturated carbocycles. The van der Waals surface area contributed by atoms with Crippen molar-refractivity contribution in [1.29, 1.82) is 0 Å². The fourth-order valence-corrected chi connectivity index (χ4v) is 3.01. The first-order valence-corrected chi connectivity index (χ1v) is 6.90. The largest absolute Gasteiger partial charge is 0.480 e. The fourth-order valence-electron chi connectivity index (χ4n) is 1.65. The molecule has 2 atom stereocenters. The molecule has 0 aromatic heterocycles. The van der Waals surface area contributed by atoms with E-state index in [0.29, 0.717) is 0 Å². The Morgan fingerprint density at radius 1 is 1.37 bits per heavy atom. The Hall–Kier alpha value is -1.37. The van der Waals surface area contributed by atoms with Gasteiger partial charge < -0.3 is 5.11 Å². The molecule has 0 spiro atoms. The number of carbonyl (C=O) groups is 1. The molecule has 0 radical (unpaired) electrons. The molecule has 0 aliphatic heterocycles. The molecule has 7 heteroatoms. The van der Waals surface area contributed by atoms with Crippen LogP contribution in [0.2, 0.25) is 0 Å². The number of aliphatic carboxylic acids is 1. The van der Waals surface area contributed by atoms with Crippen molar-refractivity contribution in [3.05, 3.63) is 35.4 Å². The zero-order valence-electron chi connectivity index (χ0n) is 10.1. The van der Waals surface area contributed by atoms with E-state index in [-0.39, 0.29) is 12.0 Å². The summed E-state index contributed by atoms with van der Waals surface area (Å²) >= 11 is 0. The molecule has 106 valence electrons. The highest BCUT2D eigenvalue weighted by molar-refractivity contribution is 7.85. The van der Waals surface area contributed by atoms with Gasteiger partial charge in [0.05, 0.1) is 11.3 Å². The van der Waals surface area contributed by atoms with Crippen molar-refractivity contribution in [1.82, 2.24) is 0 Å². The van der Waals surface area contributed by atoms with Crippen molar-refractivity contribution in [2.24, 2.45) is 0 Å². The summed E-state index contributed by atoms with van der Waals surface area (Å²) in [6.07, 6.45) is -4.43. The first kappa shape index (κ1) is 15.7. The predicted molar refractivity (Wildman–Crippen MR) is 65.0 cm³/mol. The SMILES string of the molecule is CCC(C(=O)O)S(=O)Cc1ccccc1C(F)(F)F. The van der Waals surface area contributed by atoms with E-state index in [9.17, 15) is 22.2 Å². The van der Waals surface area contributed by atoms with E-state index >= 15 is 0 Å². The third kappa shape index (κ3) is 4.05. The lowest BCUT2D eigenvalue weighted by Crippen LogP contribution is -2.26. The van der Waals surface area contributed by atoms with Gasteiger partial charge in [0.15, 0.2) is 0 Å². The molecule has 0 heterocycles. The van der Waals surface area contributed by atoms with E-state index in [1.165, 1.54) is 25.1 Å². The molecule has 19 heavy (non-hydrogen) atoms. The number of hydrogen-bond acceptors (Lipinski definition) is 2. The highest BCUT2D eigenvalue weighted by atomic mass is 32.2. The Labute approximate surface area is 110 Å². The molecule has 0 saturated heterocycles. The summed E-state index contributed by atoms with van der Waals surface area (Å²) in [6.45, 7) is 1.53. The second-order valence-corrected chi connectivity index (χ2v) is 5.53. The van der Waals surface area contributed by atoms with Gasteiger partial charge in [0.1, 0.15) is 5.25 Å². The number of rotatable bonds is 5. The van der Waals surface area contributed by atoms with Crippen LogP contribution in [0.25, 0.3) is 0 Å². The number of carboxylic acids is 1. The third-order valence-electron chi connectivity index (χ3n) is 2.58. The van der Waals surface area contributed by atoms with Crippen LogP contribution in [0.3, 0.4) is 0 Å². The molecular formula is C12H13F3O3S. The van der Waals surface area contributed by atoms with Crippen LogP contribution in [0.1, 0.15) is 24.5 Å². The van der Waals surface area contributed by atoms with E-state index in [2.05, 4.69) is 0 Å². The number of halogens is 3. The minimum atomic E-state index is -4.54. The molecule has 0 fully saturated rings. The number of alkyl halides is 3. The van der Waals surface area contributed by atoms with Crippen molar-refractivity contribution in [3.63, 3.8) is 0 Å². The predicted octanol–water partition coefficient (Wildman–Crippen LogP) is 2.82. The van der Waals surface area contributed by atoms with Gasteiger partial charge in [-0.1, -0.05) is 25.1 Å². The van der Waals surface area contributed by atoms with Gasteiger partial charge in [0, 0.05) is 10.8 Å². The van der Waals surface area contributed by atoms with Gasteiger partial charge in [-0.3, -0.25) is 9.00 Å². The fraction of sp³-hybridized carbons (Fsp3) is 0.417. The van der Waals surface area contributed by atoms with Crippen LogP contribution in [-0.4, -0.2) is 20.5 Å². The Morgan fingerprint density at radius 3 is 2.42 bits per heavy atom. The molecule has 0 bridgehead atoms. The van der Waals surface area contributed by atoms with Crippen LogP contribution in [0.4, 0.5) is 13.2 Å². The van der Waals surface area contributed by atoms with Crippen LogP contribution >= 0.6 is 0 Å². The maximum atomic E-state index is 12.7. The quantitative estimate of drug-likeness (QED) is 0.908. The second-order valence-electron chi connectivity index (χ2n) is 3.92. The summed E-state index contributed by atoms with van der Waals surface area (Å²) in [5, 5.41) is 7.68. The van der Waals surface area contributed by atoms with Crippen LogP contribution in [0.5, 0.6) is 0 Å². The number of carboxylic acid groups (broad SMARTS) is 1. The molecule has 1 rings (SSSR count). The minimum absolute atomic E-state index is 0.107. The van der Waals surface area contributed by atoms with E-state index in [0.717, 1.165) is 6.07 Å².